The van der Waals surface area contributed by atoms with E-state index >= 15 is 0 Å². The summed E-state index contributed by atoms with van der Waals surface area (Å²) in [7, 11) is 1.91. The molecule has 4 aromatic rings. The zero-order valence-corrected chi connectivity index (χ0v) is 20.9. The topological polar surface area (TPSA) is 94.1 Å². The highest BCUT2D eigenvalue weighted by Crippen LogP contribution is 2.44. The number of ketones is 1. The zero-order chi connectivity index (χ0) is 26.1. The Hall–Kier alpha value is -4.46. The van der Waals surface area contributed by atoms with Crippen molar-refractivity contribution < 1.29 is 28.6 Å². The van der Waals surface area contributed by atoms with Crippen molar-refractivity contribution >= 4 is 28.4 Å². The van der Waals surface area contributed by atoms with E-state index in [1.165, 1.54) is 11.2 Å². The van der Waals surface area contributed by atoms with Gasteiger partial charge in [0.05, 0.1) is 43.2 Å². The Morgan fingerprint density at radius 3 is 2.54 bits per heavy atom. The number of para-hydroxylation sites is 1. The number of aliphatic hydroxyl groups is 1. The summed E-state index contributed by atoms with van der Waals surface area (Å²) in [5.74, 6) is -0.308. The van der Waals surface area contributed by atoms with Gasteiger partial charge in [0.25, 0.3) is 11.7 Å². The predicted molar refractivity (Wildman–Crippen MR) is 138 cm³/mol. The second-order valence-electron chi connectivity index (χ2n) is 8.74. The molecule has 1 aliphatic rings. The van der Waals surface area contributed by atoms with E-state index in [4.69, 9.17) is 13.9 Å². The van der Waals surface area contributed by atoms with Crippen LogP contribution in [0.4, 0.5) is 0 Å². The van der Waals surface area contributed by atoms with Crippen LogP contribution >= 0.6 is 0 Å². The monoisotopic (exact) mass is 500 g/mol. The van der Waals surface area contributed by atoms with Crippen LogP contribution in [0.3, 0.4) is 0 Å². The molecular formula is C29H28N2O6. The Balaban J connectivity index is 1.73. The smallest absolute Gasteiger partial charge is 0.296 e. The van der Waals surface area contributed by atoms with Gasteiger partial charge in [0.15, 0.2) is 0 Å². The molecule has 0 aliphatic carbocycles. The Labute approximate surface area is 214 Å². The predicted octanol–water partition coefficient (Wildman–Crippen LogP) is 5.19. The van der Waals surface area contributed by atoms with Gasteiger partial charge >= 0.3 is 0 Å². The Morgan fingerprint density at radius 1 is 1.03 bits per heavy atom. The second kappa shape index (κ2) is 9.89. The number of amides is 1. The number of ether oxygens (including phenoxy) is 2. The number of rotatable bonds is 8. The van der Waals surface area contributed by atoms with E-state index < -0.39 is 17.7 Å². The van der Waals surface area contributed by atoms with Crippen LogP contribution in [0.5, 0.6) is 11.5 Å². The molecule has 0 radical (unpaired) electrons. The highest BCUT2D eigenvalue weighted by Gasteiger charge is 2.47. The number of hydrogen-bond acceptors (Lipinski definition) is 6. The van der Waals surface area contributed by atoms with Crippen LogP contribution in [0.15, 0.2) is 77.0 Å². The maximum Gasteiger partial charge on any atom is 0.296 e. The maximum absolute atomic E-state index is 13.5. The number of carbonyl (C=O) groups is 2. The molecule has 8 nitrogen and oxygen atoms in total. The van der Waals surface area contributed by atoms with Gasteiger partial charge in [0, 0.05) is 35.8 Å². The molecule has 1 amide bonds. The highest BCUT2D eigenvalue weighted by atomic mass is 16.5. The number of aromatic nitrogens is 1. The molecule has 8 heteroatoms. The molecule has 1 aliphatic heterocycles. The van der Waals surface area contributed by atoms with E-state index in [0.717, 1.165) is 16.5 Å². The molecule has 0 bridgehead atoms. The molecule has 3 heterocycles. The highest BCUT2D eigenvalue weighted by molar-refractivity contribution is 6.46. The number of furan rings is 1. The van der Waals surface area contributed by atoms with Crippen LogP contribution in [-0.4, -0.2) is 39.5 Å². The Kier molecular flexibility index (Phi) is 6.48. The van der Waals surface area contributed by atoms with Crippen molar-refractivity contribution in [2.75, 3.05) is 13.2 Å². The first-order valence-corrected chi connectivity index (χ1v) is 12.2. The SMILES string of the molecule is CCOc1ccc(/C(O)=C2\C(=O)C(=O)N(Cc3ccco3)C2c2cn(C)c3ccccc23)c(OCC)c1. The summed E-state index contributed by atoms with van der Waals surface area (Å²) in [5.41, 5.74) is 1.98. The summed E-state index contributed by atoms with van der Waals surface area (Å²) >= 11 is 0. The van der Waals surface area contributed by atoms with Gasteiger partial charge < -0.3 is 28.5 Å². The van der Waals surface area contributed by atoms with Gasteiger partial charge in [0.2, 0.25) is 0 Å². The van der Waals surface area contributed by atoms with Crippen LogP contribution in [0, 0.1) is 0 Å². The third kappa shape index (κ3) is 4.24. The standard InChI is InChI=1S/C29H28N2O6/c1-4-35-18-12-13-21(24(15-18)36-5-2)27(32)25-26(22-17-30(3)23-11-7-6-10-20(22)23)31(29(34)28(25)33)16-19-9-8-14-37-19/h6-15,17,26,32H,4-5,16H2,1-3H3/b27-25+. The molecule has 0 saturated carbocycles. The van der Waals surface area contributed by atoms with Crippen LogP contribution in [0.2, 0.25) is 0 Å². The number of Topliss-reactive ketones (excluding diaryl/α,β-unsaturated/α-hetero) is 1. The van der Waals surface area contributed by atoms with Gasteiger partial charge in [-0.2, -0.15) is 0 Å². The molecule has 1 fully saturated rings. The summed E-state index contributed by atoms with van der Waals surface area (Å²) in [6.45, 7) is 4.59. The minimum absolute atomic E-state index is 0.00183. The fourth-order valence-corrected chi connectivity index (χ4v) is 4.90. The van der Waals surface area contributed by atoms with Crippen molar-refractivity contribution in [1.82, 2.24) is 9.47 Å². The molecule has 0 spiro atoms. The first kappa shape index (κ1) is 24.2. The molecule has 190 valence electrons. The number of benzene rings is 2. The molecule has 1 unspecified atom stereocenters. The van der Waals surface area contributed by atoms with Crippen LogP contribution in [0.1, 0.15) is 36.8 Å². The van der Waals surface area contributed by atoms with Gasteiger partial charge in [-0.15, -0.1) is 0 Å². The van der Waals surface area contributed by atoms with E-state index in [2.05, 4.69) is 0 Å². The van der Waals surface area contributed by atoms with Crippen molar-refractivity contribution in [1.29, 1.82) is 0 Å². The quantitative estimate of drug-likeness (QED) is 0.203. The van der Waals surface area contributed by atoms with Crippen molar-refractivity contribution in [2.24, 2.45) is 7.05 Å². The minimum Gasteiger partial charge on any atom is -0.507 e. The van der Waals surface area contributed by atoms with Gasteiger partial charge in [0.1, 0.15) is 23.0 Å². The lowest BCUT2D eigenvalue weighted by molar-refractivity contribution is -0.140. The summed E-state index contributed by atoms with van der Waals surface area (Å²) in [4.78, 5) is 28.3. The molecule has 2 aromatic carbocycles. The van der Waals surface area contributed by atoms with Crippen LogP contribution in [0.25, 0.3) is 16.7 Å². The van der Waals surface area contributed by atoms with E-state index in [0.29, 0.717) is 36.0 Å². The fourth-order valence-electron chi connectivity index (χ4n) is 4.90. The van der Waals surface area contributed by atoms with E-state index in [1.807, 2.05) is 55.9 Å². The second-order valence-corrected chi connectivity index (χ2v) is 8.74. The molecule has 1 atom stereocenters. The molecule has 37 heavy (non-hydrogen) atoms. The molecule has 1 saturated heterocycles. The van der Waals surface area contributed by atoms with E-state index in [-0.39, 0.29) is 17.9 Å². The van der Waals surface area contributed by atoms with Crippen molar-refractivity contribution in [3.63, 3.8) is 0 Å². The molecular weight excluding hydrogens is 472 g/mol. The number of nitrogens with zero attached hydrogens (tertiary/aromatic N) is 2. The Bertz CT molecular complexity index is 1500. The fraction of sp³-hybridized carbons (Fsp3) is 0.241. The summed E-state index contributed by atoms with van der Waals surface area (Å²) in [6, 6.07) is 15.4. The third-order valence-corrected chi connectivity index (χ3v) is 6.49. The maximum atomic E-state index is 13.5. The number of hydrogen-bond donors (Lipinski definition) is 1. The first-order chi connectivity index (χ1) is 17.9. The van der Waals surface area contributed by atoms with Crippen molar-refractivity contribution in [3.8, 4) is 11.5 Å². The number of likely N-dealkylation sites (tertiary alicyclic amines) is 1. The normalized spacial score (nSPS) is 17.1. The van der Waals surface area contributed by atoms with Crippen LogP contribution in [-0.2, 0) is 23.2 Å². The lowest BCUT2D eigenvalue weighted by Gasteiger charge is -2.24. The summed E-state index contributed by atoms with van der Waals surface area (Å²) in [6.07, 6.45) is 3.42. The number of carbonyl (C=O) groups excluding carboxylic acids is 2. The minimum atomic E-state index is -0.836. The largest absolute Gasteiger partial charge is 0.507 e. The molecule has 2 aromatic heterocycles. The zero-order valence-electron chi connectivity index (χ0n) is 20.9. The number of aryl methyl sites for hydroxylation is 1. The van der Waals surface area contributed by atoms with Gasteiger partial charge in [-0.25, -0.2) is 0 Å². The lowest BCUT2D eigenvalue weighted by Crippen LogP contribution is -2.29. The molecule has 1 N–H and O–H groups in total. The summed E-state index contributed by atoms with van der Waals surface area (Å²) < 4.78 is 18.8. The van der Waals surface area contributed by atoms with Crippen molar-refractivity contribution in [2.45, 2.75) is 26.4 Å². The lowest BCUT2D eigenvalue weighted by atomic mass is 9.94. The molecule has 5 rings (SSSR count). The number of fused-ring (bicyclic) bond motifs is 1. The van der Waals surface area contributed by atoms with Gasteiger partial charge in [-0.3, -0.25) is 9.59 Å². The van der Waals surface area contributed by atoms with Crippen LogP contribution < -0.4 is 9.47 Å². The summed E-state index contributed by atoms with van der Waals surface area (Å²) in [5, 5.41) is 12.5. The Morgan fingerprint density at radius 2 is 1.81 bits per heavy atom. The van der Waals surface area contributed by atoms with E-state index in [9.17, 15) is 14.7 Å². The first-order valence-electron chi connectivity index (χ1n) is 12.2. The van der Waals surface area contributed by atoms with Gasteiger partial charge in [-0.1, -0.05) is 18.2 Å². The average molecular weight is 501 g/mol. The number of aliphatic hydroxyl groups excluding tert-OH is 1. The third-order valence-electron chi connectivity index (χ3n) is 6.49. The average Bonchev–Trinajstić information content (AvgIpc) is 3.59. The van der Waals surface area contributed by atoms with Crippen molar-refractivity contribution in [3.05, 3.63) is 89.5 Å². The van der Waals surface area contributed by atoms with Gasteiger partial charge in [-0.05, 0) is 44.2 Å². The van der Waals surface area contributed by atoms with E-state index in [1.54, 1.807) is 30.3 Å².